The van der Waals surface area contributed by atoms with Crippen LogP contribution in [0.1, 0.15) is 30.9 Å². The van der Waals surface area contributed by atoms with Gasteiger partial charge in [0.05, 0.1) is 11.6 Å². The standard InChI is InChI=1S/C13H15FN2/c1-2-16(13-5-6-13)9-11-7-12(14)4-3-10(11)8-15/h3-4,7,13H,2,5-6,9H2,1H3. The van der Waals surface area contributed by atoms with Gasteiger partial charge in [0.2, 0.25) is 0 Å². The Morgan fingerprint density at radius 3 is 2.81 bits per heavy atom. The Kier molecular flexibility index (Phi) is 3.21. The first-order valence-electron chi connectivity index (χ1n) is 5.67. The number of hydrogen-bond donors (Lipinski definition) is 0. The van der Waals surface area contributed by atoms with Crippen LogP contribution in [0.5, 0.6) is 0 Å². The van der Waals surface area contributed by atoms with Gasteiger partial charge >= 0.3 is 0 Å². The number of hydrogen-bond acceptors (Lipinski definition) is 2. The third-order valence-corrected chi connectivity index (χ3v) is 3.03. The fraction of sp³-hybridized carbons (Fsp3) is 0.462. The molecule has 0 spiro atoms. The number of benzene rings is 1. The summed E-state index contributed by atoms with van der Waals surface area (Å²) in [6.45, 7) is 3.73. The summed E-state index contributed by atoms with van der Waals surface area (Å²) in [6, 6.07) is 7.14. The van der Waals surface area contributed by atoms with Gasteiger partial charge in [0.1, 0.15) is 5.82 Å². The van der Waals surface area contributed by atoms with Crippen molar-refractivity contribution >= 4 is 0 Å². The lowest BCUT2D eigenvalue weighted by molar-refractivity contribution is 0.268. The molecular weight excluding hydrogens is 203 g/mol. The number of rotatable bonds is 4. The monoisotopic (exact) mass is 218 g/mol. The van der Waals surface area contributed by atoms with Gasteiger partial charge in [0, 0.05) is 12.6 Å². The Bertz CT molecular complexity index is 418. The van der Waals surface area contributed by atoms with Gasteiger partial charge in [-0.25, -0.2) is 4.39 Å². The van der Waals surface area contributed by atoms with E-state index in [1.165, 1.54) is 25.0 Å². The Morgan fingerprint density at radius 2 is 2.25 bits per heavy atom. The highest BCUT2D eigenvalue weighted by Gasteiger charge is 2.28. The Balaban J connectivity index is 2.18. The smallest absolute Gasteiger partial charge is 0.123 e. The SMILES string of the molecule is CCN(Cc1cc(F)ccc1C#N)C1CC1. The second kappa shape index (κ2) is 4.63. The highest BCUT2D eigenvalue weighted by atomic mass is 19.1. The molecule has 1 fully saturated rings. The molecule has 1 aromatic carbocycles. The zero-order chi connectivity index (χ0) is 11.5. The van der Waals surface area contributed by atoms with Crippen LogP contribution in [0.3, 0.4) is 0 Å². The van der Waals surface area contributed by atoms with E-state index in [1.54, 1.807) is 6.07 Å². The molecular formula is C13H15FN2. The summed E-state index contributed by atoms with van der Waals surface area (Å²) in [4.78, 5) is 2.30. The molecule has 3 heteroatoms. The average molecular weight is 218 g/mol. The summed E-state index contributed by atoms with van der Waals surface area (Å²) in [5.41, 5.74) is 1.39. The van der Waals surface area contributed by atoms with Crippen molar-refractivity contribution in [2.75, 3.05) is 6.54 Å². The molecule has 1 saturated carbocycles. The molecule has 0 radical (unpaired) electrons. The van der Waals surface area contributed by atoms with Gasteiger partial charge < -0.3 is 0 Å². The minimum Gasteiger partial charge on any atom is -0.296 e. The minimum absolute atomic E-state index is 0.263. The van der Waals surface area contributed by atoms with Gasteiger partial charge in [0.15, 0.2) is 0 Å². The zero-order valence-corrected chi connectivity index (χ0v) is 9.41. The van der Waals surface area contributed by atoms with Crippen LogP contribution in [0.2, 0.25) is 0 Å². The van der Waals surface area contributed by atoms with Crippen molar-refractivity contribution in [2.45, 2.75) is 32.4 Å². The molecule has 1 aromatic rings. The van der Waals surface area contributed by atoms with E-state index in [-0.39, 0.29) is 5.82 Å². The molecule has 0 N–H and O–H groups in total. The molecule has 0 bridgehead atoms. The van der Waals surface area contributed by atoms with E-state index < -0.39 is 0 Å². The van der Waals surface area contributed by atoms with Crippen LogP contribution < -0.4 is 0 Å². The molecule has 2 rings (SSSR count). The van der Waals surface area contributed by atoms with Crippen molar-refractivity contribution in [1.29, 1.82) is 5.26 Å². The second-order valence-electron chi connectivity index (χ2n) is 4.21. The van der Waals surface area contributed by atoms with Crippen molar-refractivity contribution < 1.29 is 4.39 Å². The first kappa shape index (κ1) is 11.1. The summed E-state index contributed by atoms with van der Waals surface area (Å²) >= 11 is 0. The quantitative estimate of drug-likeness (QED) is 0.777. The van der Waals surface area contributed by atoms with E-state index in [0.717, 1.165) is 12.1 Å². The maximum atomic E-state index is 13.1. The Morgan fingerprint density at radius 1 is 1.50 bits per heavy atom. The van der Waals surface area contributed by atoms with E-state index in [1.807, 2.05) is 0 Å². The molecule has 0 heterocycles. The molecule has 0 atom stereocenters. The molecule has 1 aliphatic rings. The fourth-order valence-electron chi connectivity index (χ4n) is 1.96. The van der Waals surface area contributed by atoms with Crippen LogP contribution >= 0.6 is 0 Å². The van der Waals surface area contributed by atoms with Gasteiger partial charge in [0.25, 0.3) is 0 Å². The first-order chi connectivity index (χ1) is 7.74. The normalized spacial score (nSPS) is 15.1. The lowest BCUT2D eigenvalue weighted by Crippen LogP contribution is -2.25. The maximum absolute atomic E-state index is 13.1. The molecule has 16 heavy (non-hydrogen) atoms. The topological polar surface area (TPSA) is 27.0 Å². The van der Waals surface area contributed by atoms with Crippen LogP contribution in [0, 0.1) is 17.1 Å². The van der Waals surface area contributed by atoms with Gasteiger partial charge in [-0.3, -0.25) is 4.90 Å². The Labute approximate surface area is 95.3 Å². The highest BCUT2D eigenvalue weighted by Crippen LogP contribution is 2.28. The molecule has 0 saturated heterocycles. The van der Waals surface area contributed by atoms with Gasteiger partial charge in [-0.15, -0.1) is 0 Å². The van der Waals surface area contributed by atoms with Crippen LogP contribution in [0.25, 0.3) is 0 Å². The van der Waals surface area contributed by atoms with Crippen LogP contribution in [0.4, 0.5) is 4.39 Å². The van der Waals surface area contributed by atoms with Crippen molar-refractivity contribution in [3.05, 3.63) is 35.1 Å². The van der Waals surface area contributed by atoms with Gasteiger partial charge in [-0.2, -0.15) is 5.26 Å². The second-order valence-corrected chi connectivity index (χ2v) is 4.21. The number of nitriles is 1. The van der Waals surface area contributed by atoms with Crippen molar-refractivity contribution in [1.82, 2.24) is 4.90 Å². The summed E-state index contributed by atoms with van der Waals surface area (Å²) in [7, 11) is 0. The largest absolute Gasteiger partial charge is 0.296 e. The number of nitrogens with zero attached hydrogens (tertiary/aromatic N) is 2. The Hall–Kier alpha value is -1.40. The van der Waals surface area contributed by atoms with E-state index >= 15 is 0 Å². The molecule has 0 amide bonds. The summed E-state index contributed by atoms with van der Waals surface area (Å²) in [5.74, 6) is -0.263. The van der Waals surface area contributed by atoms with E-state index in [0.29, 0.717) is 18.2 Å². The number of halogens is 1. The fourth-order valence-corrected chi connectivity index (χ4v) is 1.96. The predicted molar refractivity (Wildman–Crippen MR) is 60.2 cm³/mol. The molecule has 1 aliphatic carbocycles. The molecule has 0 aliphatic heterocycles. The summed E-state index contributed by atoms with van der Waals surface area (Å²) in [6.07, 6.45) is 2.45. The summed E-state index contributed by atoms with van der Waals surface area (Å²) < 4.78 is 13.1. The zero-order valence-electron chi connectivity index (χ0n) is 9.41. The molecule has 0 unspecified atom stereocenters. The van der Waals surface area contributed by atoms with E-state index in [2.05, 4.69) is 17.9 Å². The first-order valence-corrected chi connectivity index (χ1v) is 5.67. The lowest BCUT2D eigenvalue weighted by atomic mass is 10.1. The van der Waals surface area contributed by atoms with Crippen LogP contribution in [-0.2, 0) is 6.54 Å². The van der Waals surface area contributed by atoms with Crippen molar-refractivity contribution in [3.63, 3.8) is 0 Å². The minimum atomic E-state index is -0.263. The van der Waals surface area contributed by atoms with Crippen molar-refractivity contribution in [3.8, 4) is 6.07 Å². The van der Waals surface area contributed by atoms with Crippen LogP contribution in [0.15, 0.2) is 18.2 Å². The third kappa shape index (κ3) is 2.40. The molecule has 0 aromatic heterocycles. The maximum Gasteiger partial charge on any atom is 0.123 e. The summed E-state index contributed by atoms with van der Waals surface area (Å²) in [5, 5.41) is 8.96. The van der Waals surface area contributed by atoms with Crippen LogP contribution in [-0.4, -0.2) is 17.5 Å². The van der Waals surface area contributed by atoms with Gasteiger partial charge in [-0.05, 0) is 43.1 Å². The molecule has 2 nitrogen and oxygen atoms in total. The lowest BCUT2D eigenvalue weighted by Gasteiger charge is -2.20. The van der Waals surface area contributed by atoms with Gasteiger partial charge in [-0.1, -0.05) is 6.92 Å². The molecule has 84 valence electrons. The van der Waals surface area contributed by atoms with Crippen molar-refractivity contribution in [2.24, 2.45) is 0 Å². The predicted octanol–water partition coefficient (Wildman–Crippen LogP) is 2.68. The van der Waals surface area contributed by atoms with E-state index in [9.17, 15) is 4.39 Å². The third-order valence-electron chi connectivity index (χ3n) is 3.03. The highest BCUT2D eigenvalue weighted by molar-refractivity contribution is 5.37. The average Bonchev–Trinajstić information content (AvgIpc) is 3.10. The van der Waals surface area contributed by atoms with E-state index in [4.69, 9.17) is 5.26 Å².